The van der Waals surface area contributed by atoms with Crippen LogP contribution in [0.15, 0.2) is 12.2 Å². The van der Waals surface area contributed by atoms with Gasteiger partial charge in [-0.1, -0.05) is 6.58 Å². The van der Waals surface area contributed by atoms with Crippen molar-refractivity contribution < 1.29 is 9.53 Å². The van der Waals surface area contributed by atoms with Crippen LogP contribution in [0.2, 0.25) is 0 Å². The van der Waals surface area contributed by atoms with Gasteiger partial charge in [-0.15, -0.1) is 0 Å². The highest BCUT2D eigenvalue weighted by Crippen LogP contribution is 2.52. The molecule has 3 fully saturated rings. The minimum absolute atomic E-state index is 0.102. The van der Waals surface area contributed by atoms with Crippen LogP contribution >= 0.6 is 0 Å². The first-order valence-electron chi connectivity index (χ1n) is 8.68. The number of carbonyl (C=O) groups excluding carboxylic acids is 1. The van der Waals surface area contributed by atoms with Gasteiger partial charge in [-0.25, -0.2) is 4.79 Å². The second kappa shape index (κ2) is 6.12. The summed E-state index contributed by atoms with van der Waals surface area (Å²) in [4.78, 5) is 11.7. The highest BCUT2D eigenvalue weighted by atomic mass is 16.5. The molecule has 118 valence electrons. The lowest BCUT2D eigenvalue weighted by atomic mass is 9.72. The van der Waals surface area contributed by atoms with Gasteiger partial charge in [0.25, 0.3) is 0 Å². The fourth-order valence-electron chi connectivity index (χ4n) is 4.75. The average Bonchev–Trinajstić information content (AvgIpc) is 3.21. The molecule has 3 nitrogen and oxygen atoms in total. The van der Waals surface area contributed by atoms with Crippen molar-refractivity contribution in [2.45, 2.75) is 70.4 Å². The number of hydrogen-bond acceptors (Lipinski definition) is 3. The molecule has 0 saturated heterocycles. The lowest BCUT2D eigenvalue weighted by Gasteiger charge is -2.36. The van der Waals surface area contributed by atoms with E-state index in [-0.39, 0.29) is 12.1 Å². The van der Waals surface area contributed by atoms with Crippen LogP contribution < -0.4 is 5.73 Å². The Morgan fingerprint density at radius 3 is 2.52 bits per heavy atom. The fourth-order valence-corrected chi connectivity index (χ4v) is 4.75. The fraction of sp³-hybridized carbons (Fsp3) is 0.833. The van der Waals surface area contributed by atoms with Crippen molar-refractivity contribution in [1.29, 1.82) is 0 Å². The highest BCUT2D eigenvalue weighted by Gasteiger charge is 2.47. The van der Waals surface area contributed by atoms with Crippen molar-refractivity contribution in [2.75, 3.05) is 0 Å². The Morgan fingerprint density at radius 1 is 1.10 bits per heavy atom. The molecule has 0 aromatic rings. The van der Waals surface area contributed by atoms with E-state index in [0.717, 1.165) is 30.6 Å². The molecule has 0 heterocycles. The zero-order chi connectivity index (χ0) is 15.0. The van der Waals surface area contributed by atoms with E-state index in [1.807, 2.05) is 0 Å². The standard InChI is InChI=1S/C18H29NO2/c1-11(2)18(20)21-14-5-3-4-13(10-14)15-8-9-16(19)17(15)12-6-7-12/h12-17H,1,3-10,19H2,2H3. The van der Waals surface area contributed by atoms with Gasteiger partial charge in [-0.2, -0.15) is 0 Å². The molecule has 2 N–H and O–H groups in total. The third kappa shape index (κ3) is 3.33. The zero-order valence-electron chi connectivity index (χ0n) is 13.2. The molecule has 0 amide bonds. The van der Waals surface area contributed by atoms with E-state index in [9.17, 15) is 4.79 Å². The molecule has 21 heavy (non-hydrogen) atoms. The number of esters is 1. The molecule has 0 bridgehead atoms. The molecule has 3 aliphatic rings. The first kappa shape index (κ1) is 15.1. The van der Waals surface area contributed by atoms with Crippen molar-refractivity contribution in [3.8, 4) is 0 Å². The van der Waals surface area contributed by atoms with Crippen LogP contribution in [0, 0.1) is 23.7 Å². The van der Waals surface area contributed by atoms with Crippen LogP contribution in [0.3, 0.4) is 0 Å². The number of hydrogen-bond donors (Lipinski definition) is 1. The van der Waals surface area contributed by atoms with Crippen molar-refractivity contribution >= 4 is 5.97 Å². The van der Waals surface area contributed by atoms with Crippen LogP contribution in [-0.4, -0.2) is 18.1 Å². The topological polar surface area (TPSA) is 52.3 Å². The molecule has 5 atom stereocenters. The van der Waals surface area contributed by atoms with E-state index in [4.69, 9.17) is 10.5 Å². The smallest absolute Gasteiger partial charge is 0.333 e. The Bertz CT molecular complexity index is 415. The van der Waals surface area contributed by atoms with Gasteiger partial charge in [-0.05, 0) is 82.0 Å². The molecule has 3 saturated carbocycles. The SMILES string of the molecule is C=C(C)C(=O)OC1CCCC(C2CCC(N)C2C2CC2)C1. The molecule has 0 aliphatic heterocycles. The number of carbonyl (C=O) groups is 1. The van der Waals surface area contributed by atoms with Gasteiger partial charge in [0.15, 0.2) is 0 Å². The van der Waals surface area contributed by atoms with Gasteiger partial charge in [0.2, 0.25) is 0 Å². The zero-order valence-corrected chi connectivity index (χ0v) is 13.2. The Hall–Kier alpha value is -0.830. The van der Waals surface area contributed by atoms with E-state index in [2.05, 4.69) is 6.58 Å². The maximum Gasteiger partial charge on any atom is 0.333 e. The number of ether oxygens (including phenoxy) is 1. The van der Waals surface area contributed by atoms with Gasteiger partial charge in [0.05, 0.1) is 0 Å². The summed E-state index contributed by atoms with van der Waals surface area (Å²) in [5.41, 5.74) is 6.89. The van der Waals surface area contributed by atoms with Crippen LogP contribution in [0.25, 0.3) is 0 Å². The summed E-state index contributed by atoms with van der Waals surface area (Å²) in [6.07, 6.45) is 9.88. The molecular formula is C18H29NO2. The largest absolute Gasteiger partial charge is 0.459 e. The molecule has 0 spiro atoms. The van der Waals surface area contributed by atoms with Gasteiger partial charge >= 0.3 is 5.97 Å². The normalized spacial score (nSPS) is 40.0. The maximum atomic E-state index is 11.7. The van der Waals surface area contributed by atoms with Crippen molar-refractivity contribution in [3.05, 3.63) is 12.2 Å². The van der Waals surface area contributed by atoms with Gasteiger partial charge in [0.1, 0.15) is 6.10 Å². The molecule has 0 aromatic heterocycles. The van der Waals surface area contributed by atoms with E-state index in [1.165, 1.54) is 38.5 Å². The Balaban J connectivity index is 1.60. The first-order chi connectivity index (χ1) is 10.1. The summed E-state index contributed by atoms with van der Waals surface area (Å²) >= 11 is 0. The van der Waals surface area contributed by atoms with Crippen LogP contribution in [0.4, 0.5) is 0 Å². The van der Waals surface area contributed by atoms with Crippen molar-refractivity contribution in [2.24, 2.45) is 29.4 Å². The Labute approximate surface area is 128 Å². The second-order valence-corrected chi connectivity index (χ2v) is 7.55. The van der Waals surface area contributed by atoms with Crippen LogP contribution in [0.5, 0.6) is 0 Å². The number of nitrogens with two attached hydrogens (primary N) is 1. The number of rotatable bonds is 4. The summed E-state index contributed by atoms with van der Waals surface area (Å²) in [6, 6.07) is 0.417. The van der Waals surface area contributed by atoms with Crippen LogP contribution in [-0.2, 0) is 9.53 Å². The monoisotopic (exact) mass is 291 g/mol. The van der Waals surface area contributed by atoms with Crippen molar-refractivity contribution in [1.82, 2.24) is 0 Å². The molecule has 5 unspecified atom stereocenters. The van der Waals surface area contributed by atoms with Gasteiger partial charge in [0, 0.05) is 11.6 Å². The summed E-state index contributed by atoms with van der Waals surface area (Å²) < 4.78 is 5.61. The summed E-state index contributed by atoms with van der Waals surface area (Å²) in [6.45, 7) is 5.40. The minimum atomic E-state index is -0.220. The third-order valence-corrected chi connectivity index (χ3v) is 5.88. The van der Waals surface area contributed by atoms with E-state index in [0.29, 0.717) is 17.5 Å². The second-order valence-electron chi connectivity index (χ2n) is 7.55. The predicted molar refractivity (Wildman–Crippen MR) is 83.6 cm³/mol. The molecule has 3 rings (SSSR count). The highest BCUT2D eigenvalue weighted by molar-refractivity contribution is 5.87. The Morgan fingerprint density at radius 2 is 1.86 bits per heavy atom. The summed E-state index contributed by atoms with van der Waals surface area (Å²) in [5, 5.41) is 0. The Kier molecular flexibility index (Phi) is 4.39. The van der Waals surface area contributed by atoms with Crippen LogP contribution in [0.1, 0.15) is 58.3 Å². The maximum absolute atomic E-state index is 11.7. The summed E-state index contributed by atoms with van der Waals surface area (Å²) in [7, 11) is 0. The van der Waals surface area contributed by atoms with Crippen molar-refractivity contribution in [3.63, 3.8) is 0 Å². The molecule has 0 aromatic carbocycles. The third-order valence-electron chi connectivity index (χ3n) is 5.88. The van der Waals surface area contributed by atoms with E-state index < -0.39 is 0 Å². The van der Waals surface area contributed by atoms with Gasteiger partial charge in [-0.3, -0.25) is 0 Å². The lowest BCUT2D eigenvalue weighted by molar-refractivity contribution is -0.146. The van der Waals surface area contributed by atoms with E-state index in [1.54, 1.807) is 6.92 Å². The average molecular weight is 291 g/mol. The van der Waals surface area contributed by atoms with Gasteiger partial charge < -0.3 is 10.5 Å². The predicted octanol–water partition coefficient (Wildman–Crippen LogP) is 3.43. The first-order valence-corrected chi connectivity index (χ1v) is 8.68. The quantitative estimate of drug-likeness (QED) is 0.638. The molecule has 3 heteroatoms. The lowest BCUT2D eigenvalue weighted by Crippen LogP contribution is -2.35. The molecule has 3 aliphatic carbocycles. The summed E-state index contributed by atoms with van der Waals surface area (Å²) in [5.74, 6) is 2.90. The molecular weight excluding hydrogens is 262 g/mol. The van der Waals surface area contributed by atoms with E-state index >= 15 is 0 Å². The minimum Gasteiger partial charge on any atom is -0.459 e. The molecule has 0 radical (unpaired) electrons.